The molecule has 0 unspecified atom stereocenters. The second-order valence-electron chi connectivity index (χ2n) is 12.3. The van der Waals surface area contributed by atoms with Crippen LogP contribution in [0.5, 0.6) is 6.01 Å². The van der Waals surface area contributed by atoms with Crippen LogP contribution < -0.4 is 15.0 Å². The zero-order valence-corrected chi connectivity index (χ0v) is 25.1. The predicted molar refractivity (Wildman–Crippen MR) is 165 cm³/mol. The molecular weight excluding hydrogens is 606 g/mol. The lowest BCUT2D eigenvalue weighted by molar-refractivity contribution is 0.107. The minimum absolute atomic E-state index is 0.00508. The van der Waals surface area contributed by atoms with Crippen LogP contribution >= 0.6 is 11.6 Å². The van der Waals surface area contributed by atoms with E-state index in [1.807, 2.05) is 11.0 Å². The fraction of sp³-hybridized carbons (Fsp3) is 0.452. The number of hydrogen-bond acceptors (Lipinski definition) is 9. The van der Waals surface area contributed by atoms with Gasteiger partial charge in [-0.15, -0.1) is 0 Å². The van der Waals surface area contributed by atoms with Crippen LogP contribution in [0, 0.1) is 5.82 Å². The van der Waals surface area contributed by atoms with Gasteiger partial charge in [0.15, 0.2) is 5.82 Å². The Kier molecular flexibility index (Phi) is 6.97. The van der Waals surface area contributed by atoms with E-state index in [4.69, 9.17) is 26.1 Å². The van der Waals surface area contributed by atoms with E-state index in [0.717, 1.165) is 19.4 Å². The van der Waals surface area contributed by atoms with Gasteiger partial charge in [0, 0.05) is 48.8 Å². The average Bonchev–Trinajstić information content (AvgIpc) is 3.80. The smallest absolute Gasteiger partial charge is 0.407 e. The number of alkyl halides is 1. The van der Waals surface area contributed by atoms with E-state index in [0.29, 0.717) is 77.2 Å². The van der Waals surface area contributed by atoms with Gasteiger partial charge < -0.3 is 19.7 Å². The molecule has 0 saturated carbocycles. The Labute approximate surface area is 261 Å². The van der Waals surface area contributed by atoms with Gasteiger partial charge in [0.1, 0.15) is 29.8 Å². The summed E-state index contributed by atoms with van der Waals surface area (Å²) in [4.78, 5) is 30.6. The van der Waals surface area contributed by atoms with Crippen molar-refractivity contribution < 1.29 is 23.0 Å². The maximum atomic E-state index is 16.9. The van der Waals surface area contributed by atoms with Crippen molar-refractivity contribution in [1.82, 2.24) is 35.4 Å². The van der Waals surface area contributed by atoms with E-state index >= 15 is 4.39 Å². The van der Waals surface area contributed by atoms with E-state index < -0.39 is 23.6 Å². The van der Waals surface area contributed by atoms with E-state index in [-0.39, 0.29) is 36.5 Å². The zero-order valence-electron chi connectivity index (χ0n) is 24.4. The standard InChI is InChI=1S/C31H31ClF2N8O3/c32-22-10-23-20(13-36-40-23)24-19(22)4-1-2-9-44-30(43)37-18-5-8-41(15-18)28-21-12-35-27(24)25(34)26(21)38-29(39-28)45-16-31-6-3-7-42(31)14-17(33)11-31/h1,4,10,12-13,17-18H,2-3,5-9,11,14-16H2,(H,36,40)(H,37,43)/b4-1-/t17-,18-,31+/m1/s1. The number of benzene rings is 1. The average molecular weight is 637 g/mol. The Morgan fingerprint density at radius 3 is 3.02 bits per heavy atom. The predicted octanol–water partition coefficient (Wildman–Crippen LogP) is 5.04. The van der Waals surface area contributed by atoms with Crippen LogP contribution in [0.15, 0.2) is 24.5 Å². The number of aromatic nitrogens is 5. The van der Waals surface area contributed by atoms with Crippen LogP contribution in [0.1, 0.15) is 37.7 Å². The summed E-state index contributed by atoms with van der Waals surface area (Å²) in [5, 5.41) is 11.4. The summed E-state index contributed by atoms with van der Waals surface area (Å²) < 4.78 is 43.0. The summed E-state index contributed by atoms with van der Waals surface area (Å²) in [6.07, 6.45) is 8.59. The molecule has 5 aliphatic heterocycles. The van der Waals surface area contributed by atoms with Crippen LogP contribution in [0.25, 0.3) is 39.1 Å². The molecule has 3 atom stereocenters. The third-order valence-corrected chi connectivity index (χ3v) is 9.77. The van der Waals surface area contributed by atoms with Gasteiger partial charge in [0.05, 0.1) is 40.3 Å². The Balaban J connectivity index is 1.29. The molecule has 45 heavy (non-hydrogen) atoms. The third-order valence-electron chi connectivity index (χ3n) is 9.46. The Morgan fingerprint density at radius 2 is 2.11 bits per heavy atom. The Hall–Kier alpha value is -4.10. The molecule has 11 nitrogen and oxygen atoms in total. The second kappa shape index (κ2) is 11.1. The topological polar surface area (TPSA) is 121 Å². The van der Waals surface area contributed by atoms with Crippen molar-refractivity contribution in [2.75, 3.05) is 44.3 Å². The monoisotopic (exact) mass is 636 g/mol. The van der Waals surface area contributed by atoms with E-state index in [2.05, 4.69) is 30.4 Å². The van der Waals surface area contributed by atoms with Gasteiger partial charge in [-0.25, -0.2) is 13.6 Å². The number of fused-ring (bicyclic) bond motifs is 8. The van der Waals surface area contributed by atoms with Gasteiger partial charge >= 0.3 is 12.1 Å². The lowest BCUT2D eigenvalue weighted by Crippen LogP contribution is -2.43. The maximum absolute atomic E-state index is 16.9. The van der Waals surface area contributed by atoms with Gasteiger partial charge in [-0.05, 0) is 38.3 Å². The number of carbonyl (C=O) groups is 1. The quantitative estimate of drug-likeness (QED) is 0.319. The number of nitrogens with one attached hydrogen (secondary N) is 2. The fourth-order valence-electron chi connectivity index (χ4n) is 7.34. The molecule has 14 heteroatoms. The highest BCUT2D eigenvalue weighted by Crippen LogP contribution is 2.42. The molecule has 0 spiro atoms. The van der Waals surface area contributed by atoms with Gasteiger partial charge in [-0.2, -0.15) is 15.1 Å². The number of anilines is 1. The summed E-state index contributed by atoms with van der Waals surface area (Å²) in [6.45, 7) is 2.55. The van der Waals surface area contributed by atoms with Crippen molar-refractivity contribution in [3.8, 4) is 17.3 Å². The molecular formula is C31H31ClF2N8O3. The fourth-order valence-corrected chi connectivity index (χ4v) is 7.61. The maximum Gasteiger partial charge on any atom is 0.407 e. The van der Waals surface area contributed by atoms with Crippen LogP contribution in [0.2, 0.25) is 5.02 Å². The number of rotatable bonds is 3. The molecule has 4 aromatic rings. The molecule has 9 rings (SSSR count). The van der Waals surface area contributed by atoms with Crippen molar-refractivity contribution >= 4 is 51.4 Å². The molecule has 1 amide bonds. The number of ether oxygens (including phenoxy) is 2. The molecule has 0 aliphatic carbocycles. The molecule has 234 valence electrons. The summed E-state index contributed by atoms with van der Waals surface area (Å²) >= 11 is 6.73. The second-order valence-corrected chi connectivity index (χ2v) is 12.7. The van der Waals surface area contributed by atoms with E-state index in [1.54, 1.807) is 24.5 Å². The minimum Gasteiger partial charge on any atom is -0.461 e. The number of halogens is 3. The summed E-state index contributed by atoms with van der Waals surface area (Å²) in [5.74, 6) is -0.201. The molecule has 3 fully saturated rings. The number of pyridine rings is 1. The van der Waals surface area contributed by atoms with Gasteiger partial charge in [0.2, 0.25) is 0 Å². The van der Waals surface area contributed by atoms with E-state index in [9.17, 15) is 9.18 Å². The van der Waals surface area contributed by atoms with Crippen LogP contribution in [-0.4, -0.2) is 93.3 Å². The molecule has 0 radical (unpaired) electrons. The van der Waals surface area contributed by atoms with Gasteiger partial charge in [-0.1, -0.05) is 23.8 Å². The normalized spacial score (nSPS) is 25.8. The van der Waals surface area contributed by atoms with Crippen molar-refractivity contribution in [3.63, 3.8) is 0 Å². The first-order valence-electron chi connectivity index (χ1n) is 15.3. The third kappa shape index (κ3) is 4.92. The van der Waals surface area contributed by atoms with Crippen molar-refractivity contribution in [2.45, 2.75) is 49.9 Å². The molecule has 5 aliphatic rings. The number of aromatic amines is 1. The van der Waals surface area contributed by atoms with Crippen LogP contribution in [0.3, 0.4) is 0 Å². The Morgan fingerprint density at radius 1 is 1.20 bits per heavy atom. The molecule has 2 N–H and O–H groups in total. The molecule has 3 aromatic heterocycles. The van der Waals surface area contributed by atoms with Gasteiger partial charge in [-0.3, -0.25) is 15.0 Å². The first kappa shape index (κ1) is 28.4. The summed E-state index contributed by atoms with van der Waals surface area (Å²) in [5.41, 5.74) is 1.29. The Bertz CT molecular complexity index is 1850. The molecule has 8 heterocycles. The molecule has 6 bridgehead atoms. The first-order chi connectivity index (χ1) is 21.9. The van der Waals surface area contributed by atoms with Gasteiger partial charge in [0.25, 0.3) is 0 Å². The highest BCUT2D eigenvalue weighted by atomic mass is 35.5. The zero-order chi connectivity index (χ0) is 30.7. The van der Waals surface area contributed by atoms with Crippen LogP contribution in [-0.2, 0) is 4.74 Å². The molecule has 1 aromatic carbocycles. The minimum atomic E-state index is -0.912. The van der Waals surface area contributed by atoms with Crippen molar-refractivity contribution in [1.29, 1.82) is 0 Å². The van der Waals surface area contributed by atoms with Crippen molar-refractivity contribution in [3.05, 3.63) is 40.9 Å². The number of H-pyrrole nitrogens is 1. The van der Waals surface area contributed by atoms with Crippen LogP contribution in [0.4, 0.5) is 19.4 Å². The molecule has 3 saturated heterocycles. The summed E-state index contributed by atoms with van der Waals surface area (Å²) in [7, 11) is 0. The first-order valence-corrected chi connectivity index (χ1v) is 15.7. The number of nitrogens with zero attached hydrogens (tertiary/aromatic N) is 6. The largest absolute Gasteiger partial charge is 0.461 e. The lowest BCUT2D eigenvalue weighted by Gasteiger charge is -2.31. The number of carbonyl (C=O) groups excluding carboxylic acids is 1. The number of amides is 1. The number of hydrogen-bond donors (Lipinski definition) is 2. The highest BCUT2D eigenvalue weighted by Gasteiger charge is 2.49. The SMILES string of the molecule is O=C1N[C@@H]2CCN(C2)c2nc(OC[C@@]34CCCN3C[C@H](F)C4)nc3c(F)c(ncc23)-c2c(c(Cl)cc3[nH]ncc23)/C=C\CCO1. The van der Waals surface area contributed by atoms with E-state index in [1.165, 1.54) is 0 Å². The lowest BCUT2D eigenvalue weighted by atomic mass is 9.95. The summed E-state index contributed by atoms with van der Waals surface area (Å²) in [6, 6.07) is 1.54. The van der Waals surface area contributed by atoms with Crippen molar-refractivity contribution in [2.24, 2.45) is 0 Å². The highest BCUT2D eigenvalue weighted by molar-refractivity contribution is 6.33. The number of alkyl carbamates (subject to hydrolysis) is 1.